The highest BCUT2D eigenvalue weighted by atomic mass is 16.5. The number of unbranched alkanes of at least 4 members (excludes halogenated alkanes) is 1. The van der Waals surface area contributed by atoms with E-state index in [0.29, 0.717) is 0 Å². The van der Waals surface area contributed by atoms with Gasteiger partial charge in [0, 0.05) is 46.5 Å². The highest BCUT2D eigenvalue weighted by molar-refractivity contribution is 5.79. The Kier molecular flexibility index (Phi) is 15.9. The van der Waals surface area contributed by atoms with Crippen LogP contribution in [0.2, 0.25) is 0 Å². The van der Waals surface area contributed by atoms with Crippen LogP contribution < -0.4 is 10.6 Å². The summed E-state index contributed by atoms with van der Waals surface area (Å²) in [6, 6.07) is 0. The molecule has 0 heterocycles. The van der Waals surface area contributed by atoms with Crippen LogP contribution in [0.4, 0.5) is 0 Å². The molecule has 0 spiro atoms. The summed E-state index contributed by atoms with van der Waals surface area (Å²) in [5, 5.41) is 6.55. The second-order valence-corrected chi connectivity index (χ2v) is 5.30. The predicted octanol–water partition coefficient (Wildman–Crippen LogP) is 1.33. The minimum atomic E-state index is 0.724. The van der Waals surface area contributed by atoms with E-state index in [9.17, 15) is 0 Å². The van der Waals surface area contributed by atoms with Gasteiger partial charge in [0.1, 0.15) is 0 Å². The molecule has 0 amide bonds. The maximum Gasteiger partial charge on any atom is 0.191 e. The normalized spacial score (nSPS) is 12.0. The molecule has 0 aromatic heterocycles. The van der Waals surface area contributed by atoms with E-state index < -0.39 is 0 Å². The van der Waals surface area contributed by atoms with Crippen molar-refractivity contribution in [1.82, 2.24) is 15.5 Å². The van der Waals surface area contributed by atoms with Gasteiger partial charge in [-0.05, 0) is 26.8 Å². The van der Waals surface area contributed by atoms with Gasteiger partial charge in [-0.15, -0.1) is 0 Å². The Morgan fingerprint density at radius 3 is 2.55 bits per heavy atom. The van der Waals surface area contributed by atoms with Crippen molar-refractivity contribution in [1.29, 1.82) is 0 Å². The van der Waals surface area contributed by atoms with Gasteiger partial charge >= 0.3 is 0 Å². The first-order chi connectivity index (χ1) is 10.7. The fourth-order valence-corrected chi connectivity index (χ4v) is 1.85. The van der Waals surface area contributed by atoms with Gasteiger partial charge in [-0.3, -0.25) is 4.99 Å². The first-order valence-electron chi connectivity index (χ1n) is 8.52. The number of nitrogens with zero attached hydrogens (tertiary/aromatic N) is 2. The smallest absolute Gasteiger partial charge is 0.191 e. The maximum atomic E-state index is 5.53. The summed E-state index contributed by atoms with van der Waals surface area (Å²) in [7, 11) is 3.86. The van der Waals surface area contributed by atoms with Gasteiger partial charge in [0.2, 0.25) is 0 Å². The van der Waals surface area contributed by atoms with Crippen LogP contribution in [0.5, 0.6) is 0 Å². The van der Waals surface area contributed by atoms with Gasteiger partial charge in [0.05, 0.1) is 13.2 Å². The van der Waals surface area contributed by atoms with E-state index in [0.717, 1.165) is 71.3 Å². The molecule has 0 radical (unpaired) electrons. The van der Waals surface area contributed by atoms with Gasteiger partial charge in [-0.25, -0.2) is 0 Å². The largest absolute Gasteiger partial charge is 0.385 e. The quantitative estimate of drug-likeness (QED) is 0.288. The fourth-order valence-electron chi connectivity index (χ4n) is 1.85. The van der Waals surface area contributed by atoms with Crippen molar-refractivity contribution in [3.8, 4) is 0 Å². The molecule has 0 aromatic carbocycles. The second-order valence-electron chi connectivity index (χ2n) is 5.30. The van der Waals surface area contributed by atoms with Crippen LogP contribution in [0, 0.1) is 0 Å². The number of hydrogen-bond donors (Lipinski definition) is 2. The van der Waals surface area contributed by atoms with Crippen molar-refractivity contribution >= 4 is 5.96 Å². The van der Waals surface area contributed by atoms with Gasteiger partial charge in [-0.2, -0.15) is 0 Å². The monoisotopic (exact) mass is 316 g/mol. The summed E-state index contributed by atoms with van der Waals surface area (Å²) in [6.45, 7) is 11.1. The topological polar surface area (TPSA) is 58.1 Å². The van der Waals surface area contributed by atoms with Crippen LogP contribution in [-0.4, -0.2) is 77.6 Å². The highest BCUT2D eigenvalue weighted by Crippen LogP contribution is 1.89. The van der Waals surface area contributed by atoms with Gasteiger partial charge < -0.3 is 25.0 Å². The van der Waals surface area contributed by atoms with Crippen molar-refractivity contribution in [3.63, 3.8) is 0 Å². The lowest BCUT2D eigenvalue weighted by atomic mass is 10.4. The molecule has 0 atom stereocenters. The zero-order valence-corrected chi connectivity index (χ0v) is 15.0. The Bertz CT molecular complexity index is 263. The second kappa shape index (κ2) is 16.5. The van der Waals surface area contributed by atoms with E-state index in [1.54, 1.807) is 7.11 Å². The van der Waals surface area contributed by atoms with Crippen molar-refractivity contribution in [2.75, 3.05) is 66.7 Å². The summed E-state index contributed by atoms with van der Waals surface area (Å²) < 4.78 is 10.6. The Labute approximate surface area is 136 Å². The summed E-state index contributed by atoms with van der Waals surface area (Å²) in [5.41, 5.74) is 0. The lowest BCUT2D eigenvalue weighted by Crippen LogP contribution is -2.39. The summed E-state index contributed by atoms with van der Waals surface area (Å²) in [4.78, 5) is 6.86. The van der Waals surface area contributed by atoms with E-state index in [2.05, 4.69) is 41.4 Å². The van der Waals surface area contributed by atoms with Crippen LogP contribution in [0.1, 0.15) is 33.1 Å². The molecule has 132 valence electrons. The zero-order chi connectivity index (χ0) is 16.5. The lowest BCUT2D eigenvalue weighted by molar-refractivity contribution is 0.136. The average Bonchev–Trinajstić information content (AvgIpc) is 2.51. The van der Waals surface area contributed by atoms with Crippen LogP contribution in [0.15, 0.2) is 4.99 Å². The molecule has 6 nitrogen and oxygen atoms in total. The summed E-state index contributed by atoms with van der Waals surface area (Å²) in [5.74, 6) is 0.867. The van der Waals surface area contributed by atoms with Crippen molar-refractivity contribution in [2.24, 2.45) is 4.99 Å². The first-order valence-corrected chi connectivity index (χ1v) is 8.52. The third kappa shape index (κ3) is 14.1. The molecule has 0 aliphatic carbocycles. The van der Waals surface area contributed by atoms with Crippen LogP contribution in [0.3, 0.4) is 0 Å². The molecule has 0 aliphatic rings. The molecule has 0 rings (SSSR count). The number of guanidine groups is 1. The molecule has 0 aromatic rings. The van der Waals surface area contributed by atoms with Crippen LogP contribution >= 0.6 is 0 Å². The fraction of sp³-hybridized carbons (Fsp3) is 0.938. The van der Waals surface area contributed by atoms with E-state index in [-0.39, 0.29) is 0 Å². The van der Waals surface area contributed by atoms with Crippen molar-refractivity contribution in [2.45, 2.75) is 33.1 Å². The van der Waals surface area contributed by atoms with E-state index in [1.807, 2.05) is 0 Å². The Morgan fingerprint density at radius 2 is 1.86 bits per heavy atom. The molecule has 22 heavy (non-hydrogen) atoms. The number of nitrogens with one attached hydrogen (secondary N) is 2. The molecule has 0 aliphatic heterocycles. The zero-order valence-electron chi connectivity index (χ0n) is 15.0. The molecule has 6 heteroatoms. The molecular formula is C16H36N4O2. The third-order valence-electron chi connectivity index (χ3n) is 3.17. The highest BCUT2D eigenvalue weighted by Gasteiger charge is 1.99. The Balaban J connectivity index is 3.79. The standard InChI is InChI=1S/C16H36N4O2/c1-5-7-14-22-15-10-19-16(17-6-2)18-9-12-20(3)11-8-13-21-4/h5-15H2,1-4H3,(H2,17,18,19). The summed E-state index contributed by atoms with van der Waals surface area (Å²) >= 11 is 0. The molecule has 0 saturated heterocycles. The lowest BCUT2D eigenvalue weighted by Gasteiger charge is -2.16. The van der Waals surface area contributed by atoms with Crippen molar-refractivity contribution < 1.29 is 9.47 Å². The number of likely N-dealkylation sites (N-methyl/N-ethyl adjacent to an activating group) is 1. The van der Waals surface area contributed by atoms with Gasteiger partial charge in [0.25, 0.3) is 0 Å². The van der Waals surface area contributed by atoms with Crippen LogP contribution in [-0.2, 0) is 9.47 Å². The summed E-state index contributed by atoms with van der Waals surface area (Å²) in [6.07, 6.45) is 3.36. The first kappa shape index (κ1) is 21.1. The molecule has 0 fully saturated rings. The molecular weight excluding hydrogens is 280 g/mol. The Morgan fingerprint density at radius 1 is 1.05 bits per heavy atom. The van der Waals surface area contributed by atoms with Gasteiger partial charge in [-0.1, -0.05) is 13.3 Å². The Hall–Kier alpha value is -0.850. The average molecular weight is 316 g/mol. The molecule has 2 N–H and O–H groups in total. The third-order valence-corrected chi connectivity index (χ3v) is 3.17. The minimum absolute atomic E-state index is 0.724. The minimum Gasteiger partial charge on any atom is -0.385 e. The molecule has 0 saturated carbocycles. The maximum absolute atomic E-state index is 5.53. The SMILES string of the molecule is CCCCOCCNC(=NCCN(C)CCCOC)NCC. The molecule has 0 bridgehead atoms. The number of rotatable bonds is 14. The van der Waals surface area contributed by atoms with E-state index in [4.69, 9.17) is 9.47 Å². The van der Waals surface area contributed by atoms with E-state index >= 15 is 0 Å². The molecule has 0 unspecified atom stereocenters. The number of aliphatic imine (C=N–C) groups is 1. The van der Waals surface area contributed by atoms with Gasteiger partial charge in [0.15, 0.2) is 5.96 Å². The van der Waals surface area contributed by atoms with Crippen molar-refractivity contribution in [3.05, 3.63) is 0 Å². The predicted molar refractivity (Wildman–Crippen MR) is 93.7 cm³/mol. The number of hydrogen-bond acceptors (Lipinski definition) is 4. The number of methoxy groups -OCH3 is 1. The van der Waals surface area contributed by atoms with E-state index in [1.165, 1.54) is 6.42 Å². The number of ether oxygens (including phenoxy) is 2. The van der Waals surface area contributed by atoms with Crippen LogP contribution in [0.25, 0.3) is 0 Å².